The van der Waals surface area contributed by atoms with Crippen LogP contribution in [0.4, 0.5) is 10.1 Å². The van der Waals surface area contributed by atoms with Gasteiger partial charge in [0.2, 0.25) is 0 Å². The predicted octanol–water partition coefficient (Wildman–Crippen LogP) is 3.89. The van der Waals surface area contributed by atoms with Gasteiger partial charge in [-0.1, -0.05) is 12.1 Å². The van der Waals surface area contributed by atoms with Gasteiger partial charge in [0.25, 0.3) is 0 Å². The first-order chi connectivity index (χ1) is 11.0. The van der Waals surface area contributed by atoms with Crippen LogP contribution in [0.2, 0.25) is 0 Å². The molecule has 0 fully saturated rings. The van der Waals surface area contributed by atoms with Gasteiger partial charge >= 0.3 is 0 Å². The maximum atomic E-state index is 13.0. The third kappa shape index (κ3) is 4.56. The van der Waals surface area contributed by atoms with E-state index in [1.54, 1.807) is 32.4 Å². The van der Waals surface area contributed by atoms with Gasteiger partial charge in [0.05, 0.1) is 25.9 Å². The van der Waals surface area contributed by atoms with Crippen LogP contribution in [0.5, 0.6) is 11.5 Å². The lowest BCUT2D eigenvalue weighted by atomic mass is 10.1. The molecule has 0 radical (unpaired) electrons. The molecule has 0 amide bonds. The zero-order valence-corrected chi connectivity index (χ0v) is 14.0. The number of hydrogen-bond acceptors (Lipinski definition) is 3. The smallest absolute Gasteiger partial charge is 0.171 e. The monoisotopic (exact) mass is 334 g/mol. The maximum absolute atomic E-state index is 13.0. The molecule has 1 atom stereocenters. The molecule has 2 rings (SSSR count). The van der Waals surface area contributed by atoms with E-state index < -0.39 is 0 Å². The summed E-state index contributed by atoms with van der Waals surface area (Å²) in [6, 6.07) is 11.7. The summed E-state index contributed by atoms with van der Waals surface area (Å²) in [7, 11) is 3.18. The van der Waals surface area contributed by atoms with Gasteiger partial charge in [-0.3, -0.25) is 0 Å². The molecule has 6 heteroatoms. The summed E-state index contributed by atoms with van der Waals surface area (Å²) in [5.41, 5.74) is 1.68. The zero-order valence-electron chi connectivity index (χ0n) is 13.2. The highest BCUT2D eigenvalue weighted by Crippen LogP contribution is 2.29. The number of nitrogens with one attached hydrogen (secondary N) is 2. The lowest BCUT2D eigenvalue weighted by Gasteiger charge is -2.18. The van der Waals surface area contributed by atoms with Crippen molar-refractivity contribution < 1.29 is 13.9 Å². The molecule has 2 N–H and O–H groups in total. The first-order valence-electron chi connectivity index (χ1n) is 7.08. The number of halogens is 1. The fourth-order valence-electron chi connectivity index (χ4n) is 2.09. The van der Waals surface area contributed by atoms with E-state index in [1.807, 2.05) is 19.1 Å². The van der Waals surface area contributed by atoms with Gasteiger partial charge in [0.1, 0.15) is 17.3 Å². The molecule has 0 aliphatic carbocycles. The average molecular weight is 334 g/mol. The minimum Gasteiger partial charge on any atom is -0.497 e. The van der Waals surface area contributed by atoms with Crippen molar-refractivity contribution in [2.45, 2.75) is 13.0 Å². The average Bonchev–Trinajstić information content (AvgIpc) is 2.55. The molecular weight excluding hydrogens is 315 g/mol. The highest BCUT2D eigenvalue weighted by Gasteiger charge is 2.10. The summed E-state index contributed by atoms with van der Waals surface area (Å²) >= 11 is 5.32. The van der Waals surface area contributed by atoms with Gasteiger partial charge in [-0.15, -0.1) is 0 Å². The summed E-state index contributed by atoms with van der Waals surface area (Å²) in [4.78, 5) is 0. The molecule has 0 spiro atoms. The Morgan fingerprint density at radius 2 is 1.78 bits per heavy atom. The van der Waals surface area contributed by atoms with Crippen molar-refractivity contribution in [1.29, 1.82) is 0 Å². The Balaban J connectivity index is 2.03. The SMILES string of the molecule is COc1ccc(NC(=S)N[C@@H](C)c2ccc(F)cc2)c(OC)c1. The number of hydrogen-bond donors (Lipinski definition) is 2. The third-order valence-electron chi connectivity index (χ3n) is 3.37. The van der Waals surface area contributed by atoms with Crippen LogP contribution < -0.4 is 20.1 Å². The summed E-state index contributed by atoms with van der Waals surface area (Å²) in [5, 5.41) is 6.69. The Morgan fingerprint density at radius 1 is 1.09 bits per heavy atom. The second-order valence-corrected chi connectivity index (χ2v) is 5.35. The van der Waals surface area contributed by atoms with Crippen LogP contribution >= 0.6 is 12.2 Å². The summed E-state index contributed by atoms with van der Waals surface area (Å²) in [5.74, 6) is 1.07. The van der Waals surface area contributed by atoms with E-state index in [0.29, 0.717) is 16.6 Å². The van der Waals surface area contributed by atoms with Crippen LogP contribution in [0, 0.1) is 5.82 Å². The number of thiocarbonyl (C=S) groups is 1. The number of methoxy groups -OCH3 is 2. The van der Waals surface area contributed by atoms with Gasteiger partial charge in [-0.2, -0.15) is 0 Å². The van der Waals surface area contributed by atoms with E-state index in [2.05, 4.69) is 10.6 Å². The molecule has 0 aliphatic heterocycles. The lowest BCUT2D eigenvalue weighted by Crippen LogP contribution is -2.31. The Labute approximate surface area is 140 Å². The molecule has 4 nitrogen and oxygen atoms in total. The molecule has 0 bridgehead atoms. The van der Waals surface area contributed by atoms with E-state index in [0.717, 1.165) is 11.3 Å². The van der Waals surface area contributed by atoms with Crippen LogP contribution in [-0.2, 0) is 0 Å². The van der Waals surface area contributed by atoms with Crippen LogP contribution in [0.3, 0.4) is 0 Å². The number of benzene rings is 2. The number of rotatable bonds is 5. The third-order valence-corrected chi connectivity index (χ3v) is 3.59. The molecule has 2 aromatic rings. The molecule has 122 valence electrons. The molecule has 0 saturated heterocycles. The van der Waals surface area contributed by atoms with E-state index in [-0.39, 0.29) is 11.9 Å². The van der Waals surface area contributed by atoms with Crippen LogP contribution in [0.1, 0.15) is 18.5 Å². The first kappa shape index (κ1) is 17.0. The standard InChI is InChI=1S/C17H19FN2O2S/c1-11(12-4-6-13(18)7-5-12)19-17(23)20-15-9-8-14(21-2)10-16(15)22-3/h4-11H,1-3H3,(H2,19,20,23)/t11-/m0/s1. The second kappa shape index (κ2) is 7.78. The summed E-state index contributed by atoms with van der Waals surface area (Å²) < 4.78 is 23.4. The van der Waals surface area contributed by atoms with E-state index in [9.17, 15) is 4.39 Å². The zero-order chi connectivity index (χ0) is 16.8. The normalized spacial score (nSPS) is 11.5. The Hall–Kier alpha value is -2.34. The quantitative estimate of drug-likeness (QED) is 0.812. The molecular formula is C17H19FN2O2S. The van der Waals surface area contributed by atoms with Crippen LogP contribution in [0.25, 0.3) is 0 Å². The summed E-state index contributed by atoms with van der Waals surface area (Å²) in [6.45, 7) is 1.95. The van der Waals surface area contributed by atoms with Crippen molar-refractivity contribution >= 4 is 23.0 Å². The fraction of sp³-hybridized carbons (Fsp3) is 0.235. The van der Waals surface area contributed by atoms with Gasteiger partial charge in [-0.05, 0) is 49.0 Å². The van der Waals surface area contributed by atoms with E-state index in [1.165, 1.54) is 12.1 Å². The van der Waals surface area contributed by atoms with Crippen molar-refractivity contribution in [2.24, 2.45) is 0 Å². The summed E-state index contributed by atoms with van der Waals surface area (Å²) in [6.07, 6.45) is 0. The topological polar surface area (TPSA) is 42.5 Å². The van der Waals surface area contributed by atoms with Crippen molar-refractivity contribution in [2.75, 3.05) is 19.5 Å². The van der Waals surface area contributed by atoms with Gasteiger partial charge in [-0.25, -0.2) is 4.39 Å². The molecule has 0 unspecified atom stereocenters. The van der Waals surface area contributed by atoms with Gasteiger partial charge in [0.15, 0.2) is 5.11 Å². The Morgan fingerprint density at radius 3 is 2.39 bits per heavy atom. The van der Waals surface area contributed by atoms with Gasteiger partial charge < -0.3 is 20.1 Å². The largest absolute Gasteiger partial charge is 0.497 e. The molecule has 0 aliphatic rings. The molecule has 23 heavy (non-hydrogen) atoms. The minimum absolute atomic E-state index is 0.0557. The molecule has 0 saturated carbocycles. The lowest BCUT2D eigenvalue weighted by molar-refractivity contribution is 0.395. The van der Waals surface area contributed by atoms with Crippen molar-refractivity contribution in [3.8, 4) is 11.5 Å². The maximum Gasteiger partial charge on any atom is 0.171 e. The molecule has 2 aromatic carbocycles. The van der Waals surface area contributed by atoms with E-state index in [4.69, 9.17) is 21.7 Å². The van der Waals surface area contributed by atoms with Crippen molar-refractivity contribution in [3.63, 3.8) is 0 Å². The molecule has 0 aromatic heterocycles. The first-order valence-corrected chi connectivity index (χ1v) is 7.49. The van der Waals surface area contributed by atoms with E-state index >= 15 is 0 Å². The Bertz CT molecular complexity index is 677. The highest BCUT2D eigenvalue weighted by atomic mass is 32.1. The predicted molar refractivity (Wildman–Crippen MR) is 93.7 cm³/mol. The van der Waals surface area contributed by atoms with Crippen LogP contribution in [0.15, 0.2) is 42.5 Å². The Kier molecular flexibility index (Phi) is 5.76. The number of anilines is 1. The molecule has 0 heterocycles. The van der Waals surface area contributed by atoms with Crippen molar-refractivity contribution in [1.82, 2.24) is 5.32 Å². The minimum atomic E-state index is -0.260. The van der Waals surface area contributed by atoms with Crippen molar-refractivity contribution in [3.05, 3.63) is 53.8 Å². The second-order valence-electron chi connectivity index (χ2n) is 4.94. The van der Waals surface area contributed by atoms with Gasteiger partial charge in [0, 0.05) is 6.07 Å². The van der Waals surface area contributed by atoms with Crippen LogP contribution in [-0.4, -0.2) is 19.3 Å². The highest BCUT2D eigenvalue weighted by molar-refractivity contribution is 7.80. The fourth-order valence-corrected chi connectivity index (χ4v) is 2.38. The number of ether oxygens (including phenoxy) is 2.